The fourth-order valence-corrected chi connectivity index (χ4v) is 4.43. The molecule has 12 nitrogen and oxygen atoms in total. The molecule has 38 heavy (non-hydrogen) atoms. The predicted octanol–water partition coefficient (Wildman–Crippen LogP) is 0.911. The Labute approximate surface area is 219 Å². The summed E-state index contributed by atoms with van der Waals surface area (Å²) in [5.74, 6) is 0.891. The van der Waals surface area contributed by atoms with E-state index in [0.717, 1.165) is 24.0 Å². The topological polar surface area (TPSA) is 190 Å². The first-order valence-electron chi connectivity index (χ1n) is 12.5. The molecule has 5 rings (SSSR count). The number of imidazole rings is 1. The van der Waals surface area contributed by atoms with Crippen molar-refractivity contribution in [2.24, 2.45) is 0 Å². The molecule has 9 N–H and O–H groups in total. The van der Waals surface area contributed by atoms with Crippen LogP contribution in [0, 0.1) is 0 Å². The lowest BCUT2D eigenvalue weighted by atomic mass is 10.1. The first-order valence-corrected chi connectivity index (χ1v) is 12.5. The fourth-order valence-electron chi connectivity index (χ4n) is 4.43. The van der Waals surface area contributed by atoms with Gasteiger partial charge in [0.1, 0.15) is 18.3 Å². The smallest absolute Gasteiger partial charge is 0.226 e. The Morgan fingerprint density at radius 3 is 2.03 bits per heavy atom. The second-order valence-corrected chi connectivity index (χ2v) is 9.29. The number of aliphatic hydroxyl groups is 3. The first kappa shape index (κ1) is 25.7. The van der Waals surface area contributed by atoms with Gasteiger partial charge in [0.15, 0.2) is 23.2 Å². The number of aliphatic hydroxyl groups excluding tert-OH is 3. The lowest BCUT2D eigenvalue weighted by Gasteiger charge is -2.17. The van der Waals surface area contributed by atoms with E-state index in [1.807, 2.05) is 48.5 Å². The van der Waals surface area contributed by atoms with Crippen LogP contribution in [0.1, 0.15) is 17.4 Å². The van der Waals surface area contributed by atoms with Gasteiger partial charge < -0.3 is 42.2 Å². The summed E-state index contributed by atoms with van der Waals surface area (Å²) in [4.78, 5) is 13.8. The molecule has 0 aliphatic carbocycles. The highest BCUT2D eigenvalue weighted by Gasteiger charge is 2.44. The molecule has 1 aliphatic heterocycles. The van der Waals surface area contributed by atoms with E-state index < -0.39 is 31.1 Å². The van der Waals surface area contributed by atoms with Crippen LogP contribution in [-0.4, -0.2) is 72.8 Å². The van der Waals surface area contributed by atoms with Crippen LogP contribution in [0.15, 0.2) is 54.9 Å². The van der Waals surface area contributed by atoms with Crippen molar-refractivity contribution in [3.63, 3.8) is 0 Å². The van der Waals surface area contributed by atoms with E-state index in [1.165, 1.54) is 6.33 Å². The number of fused-ring (bicyclic) bond motifs is 1. The van der Waals surface area contributed by atoms with Crippen molar-refractivity contribution in [3.8, 4) is 0 Å². The molecular weight excluding hydrogens is 488 g/mol. The Morgan fingerprint density at radius 1 is 0.842 bits per heavy atom. The van der Waals surface area contributed by atoms with Crippen LogP contribution in [0.5, 0.6) is 0 Å². The molecule has 1 fully saturated rings. The first-order chi connectivity index (χ1) is 18.4. The lowest BCUT2D eigenvalue weighted by Crippen LogP contribution is -2.33. The lowest BCUT2D eigenvalue weighted by molar-refractivity contribution is -0.0511. The molecular formula is C26H32N8O4. The highest BCUT2D eigenvalue weighted by atomic mass is 16.6. The Bertz CT molecular complexity index is 1360. The molecule has 1 saturated heterocycles. The molecule has 200 valence electrons. The summed E-state index contributed by atoms with van der Waals surface area (Å²) in [5.41, 5.74) is 16.1. The van der Waals surface area contributed by atoms with Crippen molar-refractivity contribution in [3.05, 3.63) is 66.0 Å². The number of hydrogen-bond acceptors (Lipinski definition) is 11. The summed E-state index contributed by atoms with van der Waals surface area (Å²) in [6, 6.07) is 15.4. The number of aromatic nitrogens is 4. The van der Waals surface area contributed by atoms with Crippen LogP contribution < -0.4 is 22.1 Å². The van der Waals surface area contributed by atoms with Gasteiger partial charge in [0, 0.05) is 24.5 Å². The van der Waals surface area contributed by atoms with Gasteiger partial charge in [-0.05, 0) is 48.2 Å². The second kappa shape index (κ2) is 11.2. The van der Waals surface area contributed by atoms with Crippen LogP contribution in [0.3, 0.4) is 0 Å². The summed E-state index contributed by atoms with van der Waals surface area (Å²) in [5, 5.41) is 36.9. The van der Waals surface area contributed by atoms with E-state index in [0.29, 0.717) is 47.4 Å². The minimum Gasteiger partial charge on any atom is -0.399 e. The average Bonchev–Trinajstić information content (AvgIpc) is 3.46. The Morgan fingerprint density at radius 2 is 1.45 bits per heavy atom. The quantitative estimate of drug-likeness (QED) is 0.147. The van der Waals surface area contributed by atoms with E-state index in [4.69, 9.17) is 16.2 Å². The number of nitrogens with two attached hydrogens (primary N) is 2. The molecule has 4 atom stereocenters. The SMILES string of the molecule is Nc1ccc(CCNc2nc(NCCc3ccc(N)cc3)c3ncn([C@@H]4O[C@H](CO)[C@@H](O)[C@H]4O)c3n2)cc1. The van der Waals surface area contributed by atoms with Crippen molar-refractivity contribution in [1.82, 2.24) is 19.5 Å². The summed E-state index contributed by atoms with van der Waals surface area (Å²) in [6.07, 6.45) is -1.42. The molecule has 12 heteroatoms. The van der Waals surface area contributed by atoms with Crippen LogP contribution in [0.4, 0.5) is 23.1 Å². The number of rotatable bonds is 10. The number of ether oxygens (including phenoxy) is 1. The van der Waals surface area contributed by atoms with Gasteiger partial charge >= 0.3 is 0 Å². The molecule has 0 bridgehead atoms. The molecule has 0 saturated carbocycles. The van der Waals surface area contributed by atoms with Crippen molar-refractivity contribution in [1.29, 1.82) is 0 Å². The normalized spacial score (nSPS) is 21.1. The fraction of sp³-hybridized carbons (Fsp3) is 0.346. The van der Waals surface area contributed by atoms with Crippen LogP contribution in [0.25, 0.3) is 11.2 Å². The standard InChI is InChI=1S/C26H32N8O4/c27-17-5-1-15(2-6-17)9-11-29-23-20-24(34(14-31-20)25-22(37)21(36)19(13-35)38-25)33-26(32-23)30-12-10-16-3-7-18(28)8-4-16/h1-8,14,19,21-22,25,35-37H,9-13,27-28H2,(H2,29,30,32,33)/t19-,21-,22-,25-/m1/s1. The number of hydrogen-bond donors (Lipinski definition) is 7. The van der Waals surface area contributed by atoms with Crippen LogP contribution >= 0.6 is 0 Å². The monoisotopic (exact) mass is 520 g/mol. The molecule has 3 heterocycles. The minimum absolute atomic E-state index is 0.372. The molecule has 2 aromatic heterocycles. The average molecular weight is 521 g/mol. The van der Waals surface area contributed by atoms with Crippen LogP contribution in [-0.2, 0) is 17.6 Å². The van der Waals surface area contributed by atoms with Gasteiger partial charge in [0.05, 0.1) is 12.9 Å². The van der Waals surface area contributed by atoms with E-state index in [2.05, 4.69) is 25.6 Å². The van der Waals surface area contributed by atoms with Gasteiger partial charge in [-0.25, -0.2) is 4.98 Å². The van der Waals surface area contributed by atoms with Gasteiger partial charge in [-0.1, -0.05) is 24.3 Å². The zero-order valence-electron chi connectivity index (χ0n) is 20.7. The highest BCUT2D eigenvalue weighted by Crippen LogP contribution is 2.32. The number of benzene rings is 2. The van der Waals surface area contributed by atoms with Gasteiger partial charge in [0.2, 0.25) is 5.95 Å². The van der Waals surface area contributed by atoms with Crippen molar-refractivity contribution in [2.75, 3.05) is 41.8 Å². The minimum atomic E-state index is -1.26. The van der Waals surface area contributed by atoms with Crippen LogP contribution in [0.2, 0.25) is 0 Å². The number of nitrogens with zero attached hydrogens (tertiary/aromatic N) is 4. The zero-order chi connectivity index (χ0) is 26.6. The molecule has 1 aliphatic rings. The maximum atomic E-state index is 10.6. The maximum absolute atomic E-state index is 10.6. The zero-order valence-corrected chi connectivity index (χ0v) is 20.7. The predicted molar refractivity (Wildman–Crippen MR) is 144 cm³/mol. The molecule has 2 aromatic carbocycles. The number of anilines is 4. The van der Waals surface area contributed by atoms with Crippen molar-refractivity contribution in [2.45, 2.75) is 37.4 Å². The Hall–Kier alpha value is -3.97. The largest absolute Gasteiger partial charge is 0.399 e. The van der Waals surface area contributed by atoms with Gasteiger partial charge in [-0.3, -0.25) is 4.57 Å². The van der Waals surface area contributed by atoms with E-state index >= 15 is 0 Å². The van der Waals surface area contributed by atoms with Gasteiger partial charge in [-0.15, -0.1) is 0 Å². The molecule has 0 amide bonds. The summed E-state index contributed by atoms with van der Waals surface area (Å²) >= 11 is 0. The van der Waals surface area contributed by atoms with E-state index in [-0.39, 0.29) is 0 Å². The molecule has 4 aromatic rings. The number of nitrogen functional groups attached to an aromatic ring is 2. The van der Waals surface area contributed by atoms with Gasteiger partial charge in [-0.2, -0.15) is 9.97 Å². The molecule has 0 unspecified atom stereocenters. The summed E-state index contributed by atoms with van der Waals surface area (Å²) in [7, 11) is 0. The Kier molecular flexibility index (Phi) is 7.56. The van der Waals surface area contributed by atoms with E-state index in [9.17, 15) is 15.3 Å². The third-order valence-corrected chi connectivity index (χ3v) is 6.58. The van der Waals surface area contributed by atoms with E-state index in [1.54, 1.807) is 4.57 Å². The van der Waals surface area contributed by atoms with Gasteiger partial charge in [0.25, 0.3) is 0 Å². The summed E-state index contributed by atoms with van der Waals surface area (Å²) < 4.78 is 7.27. The highest BCUT2D eigenvalue weighted by molar-refractivity contribution is 5.84. The molecule has 0 spiro atoms. The summed E-state index contributed by atoms with van der Waals surface area (Å²) in [6.45, 7) is 0.732. The third kappa shape index (κ3) is 5.48. The van der Waals surface area contributed by atoms with Crippen molar-refractivity contribution >= 4 is 34.3 Å². The second-order valence-electron chi connectivity index (χ2n) is 9.29. The van der Waals surface area contributed by atoms with Crippen molar-refractivity contribution < 1.29 is 20.1 Å². The maximum Gasteiger partial charge on any atom is 0.226 e. The Balaban J connectivity index is 1.39. The third-order valence-electron chi connectivity index (χ3n) is 6.58. The number of nitrogens with one attached hydrogen (secondary N) is 2. The molecule has 0 radical (unpaired) electrons.